The van der Waals surface area contributed by atoms with Gasteiger partial charge in [-0.2, -0.15) is 5.26 Å². The number of aryl methyl sites for hydroxylation is 2. The zero-order valence-electron chi connectivity index (χ0n) is 30.6. The predicted molar refractivity (Wildman–Crippen MR) is 212 cm³/mol. The molecule has 2 aromatic heterocycles. The van der Waals surface area contributed by atoms with Gasteiger partial charge in [-0.15, -0.1) is 0 Å². The van der Waals surface area contributed by atoms with E-state index in [-0.39, 0.29) is 40.4 Å². The van der Waals surface area contributed by atoms with Crippen LogP contribution < -0.4 is 27.6 Å². The highest BCUT2D eigenvalue weighted by molar-refractivity contribution is 6.43. The highest BCUT2D eigenvalue weighted by Crippen LogP contribution is 2.47. The molecule has 3 aliphatic carbocycles. The van der Waals surface area contributed by atoms with Gasteiger partial charge in [-0.1, -0.05) is 35.3 Å². The van der Waals surface area contributed by atoms with E-state index in [2.05, 4.69) is 38.2 Å². The maximum atomic E-state index is 16.3. The van der Waals surface area contributed by atoms with Crippen molar-refractivity contribution in [3.8, 4) is 17.2 Å². The van der Waals surface area contributed by atoms with Crippen LogP contribution in [0.25, 0.3) is 32.9 Å². The number of aromatic nitrogens is 2. The van der Waals surface area contributed by atoms with E-state index in [1.165, 1.54) is 32.2 Å². The first-order valence-corrected chi connectivity index (χ1v) is 20.0. The Balaban J connectivity index is 0.000000196. The van der Waals surface area contributed by atoms with Crippen molar-refractivity contribution in [2.45, 2.75) is 88.8 Å². The standard InChI is InChI=1S/C29H25Cl2FN4O.C7H14N4.C5H9N/c1-15-19-14-22(23-8-4-12-36(23)29(37)16-9-10-16)35-27(19)20-13-17(5-3-11-33)24(26(32)28(20)34-15)18-6-2-7-21(30)25(18)31;8-6(4-11-9)7-1-5(2-7)3-10-7;1-4-2-5(1)6-3-4/h2,6-7,13-14,16,23,35H,3-5,8-10,12H2,1H3;4-5,10-11H,1-3,8-9H2;4-6H,1-3H2/b;6-4-;. The largest absolute Gasteiger partial charge is 0.399 e. The molecule has 12 rings (SSSR count). The van der Waals surface area contributed by atoms with Gasteiger partial charge in [0.15, 0.2) is 5.82 Å². The third-order valence-electron chi connectivity index (χ3n) is 12.4. The summed E-state index contributed by atoms with van der Waals surface area (Å²) in [5, 5.41) is 18.2. The van der Waals surface area contributed by atoms with E-state index in [1.807, 2.05) is 17.9 Å². The molecule has 5 saturated heterocycles. The normalized spacial score (nSPS) is 26.4. The van der Waals surface area contributed by atoms with Crippen molar-refractivity contribution in [2.75, 3.05) is 19.6 Å². The van der Waals surface area contributed by atoms with E-state index in [0.29, 0.717) is 39.2 Å². The molecule has 3 saturated carbocycles. The Hall–Kier alpha value is -3.92. The first kappa shape index (κ1) is 37.0. The van der Waals surface area contributed by atoms with E-state index in [4.69, 9.17) is 34.8 Å². The van der Waals surface area contributed by atoms with Crippen molar-refractivity contribution in [1.82, 2.24) is 30.9 Å². The number of H-pyrrole nitrogens is 1. The van der Waals surface area contributed by atoms with Crippen LogP contribution in [0.15, 0.2) is 42.2 Å². The van der Waals surface area contributed by atoms with Gasteiger partial charge in [0.1, 0.15) is 5.52 Å². The molecular formula is C41H48Cl2FN9O. The van der Waals surface area contributed by atoms with E-state index in [1.54, 1.807) is 24.4 Å². The minimum atomic E-state index is -0.484. The number of likely N-dealkylation sites (tertiary alicyclic amines) is 1. The molecule has 8 fully saturated rings. The zero-order valence-corrected chi connectivity index (χ0v) is 32.1. The summed E-state index contributed by atoms with van der Waals surface area (Å²) in [6.45, 7) is 5.06. The SMILES string of the molecule is C1NC2CC1C2.Cc1nc2c(F)c(-c3cccc(Cl)c3Cl)c(CCC#N)cc2c2[nH]c(C3CCCN3C(=O)C3CC3)cc12.NN/C=C(\N)C12CC(CN1)C2. The molecule has 4 bridgehead atoms. The molecule has 5 aliphatic heterocycles. The smallest absolute Gasteiger partial charge is 0.226 e. The molecule has 284 valence electrons. The van der Waals surface area contributed by atoms with Crippen LogP contribution in [0.4, 0.5) is 4.39 Å². The number of nitrogens with zero attached hydrogens (tertiary/aromatic N) is 3. The first-order chi connectivity index (χ1) is 26.1. The van der Waals surface area contributed by atoms with Gasteiger partial charge < -0.3 is 31.7 Å². The number of pyridine rings is 1. The van der Waals surface area contributed by atoms with Crippen LogP contribution in [0, 0.1) is 41.8 Å². The van der Waals surface area contributed by atoms with Crippen molar-refractivity contribution >= 4 is 50.9 Å². The summed E-state index contributed by atoms with van der Waals surface area (Å²) in [6.07, 6.45) is 11.4. The summed E-state index contributed by atoms with van der Waals surface area (Å²) in [5.74, 6) is 6.99. The van der Waals surface area contributed by atoms with Gasteiger partial charge in [0.25, 0.3) is 0 Å². The Morgan fingerprint density at radius 3 is 2.59 bits per heavy atom. The van der Waals surface area contributed by atoms with Gasteiger partial charge in [0, 0.05) is 70.1 Å². The minimum Gasteiger partial charge on any atom is -0.399 e. The number of hydrazine groups is 1. The number of fused-ring (bicyclic) bond motifs is 5. The number of carbonyl (C=O) groups is 1. The summed E-state index contributed by atoms with van der Waals surface area (Å²) < 4.78 is 16.3. The van der Waals surface area contributed by atoms with Crippen molar-refractivity contribution in [3.05, 3.63) is 75.0 Å². The summed E-state index contributed by atoms with van der Waals surface area (Å²) in [5.41, 5.74) is 13.4. The molecule has 10 nitrogen and oxygen atoms in total. The minimum absolute atomic E-state index is 0.0117. The number of benzene rings is 2. The molecule has 2 aromatic carbocycles. The third kappa shape index (κ3) is 6.81. The number of carbonyl (C=O) groups excluding carboxylic acids is 1. The van der Waals surface area contributed by atoms with Gasteiger partial charge in [-0.25, -0.2) is 9.37 Å². The van der Waals surface area contributed by atoms with Crippen LogP contribution >= 0.6 is 23.2 Å². The number of nitrogens with one attached hydrogen (secondary N) is 4. The molecule has 1 amide bonds. The van der Waals surface area contributed by atoms with Gasteiger partial charge in [-0.3, -0.25) is 10.6 Å². The van der Waals surface area contributed by atoms with Gasteiger partial charge in [0.05, 0.1) is 33.2 Å². The molecule has 1 atom stereocenters. The highest BCUT2D eigenvalue weighted by Gasteiger charge is 2.51. The Morgan fingerprint density at radius 1 is 1.17 bits per heavy atom. The first-order valence-electron chi connectivity index (χ1n) is 19.3. The van der Waals surface area contributed by atoms with Gasteiger partial charge in [-0.05, 0) is 113 Å². The molecule has 54 heavy (non-hydrogen) atoms. The number of nitriles is 1. The number of aromatic amines is 1. The molecule has 0 radical (unpaired) electrons. The predicted octanol–water partition coefficient (Wildman–Crippen LogP) is 7.04. The number of hydrogen-bond donors (Lipinski definition) is 6. The quantitative estimate of drug-likeness (QED) is 0.0862. The molecule has 8 aliphatic rings. The van der Waals surface area contributed by atoms with Crippen LogP contribution in [0.3, 0.4) is 0 Å². The second-order valence-electron chi connectivity index (χ2n) is 16.0. The number of rotatable bonds is 7. The maximum absolute atomic E-state index is 16.3. The van der Waals surface area contributed by atoms with Crippen LogP contribution in [0.5, 0.6) is 0 Å². The van der Waals surface area contributed by atoms with Crippen LogP contribution in [-0.2, 0) is 11.2 Å². The molecule has 1 unspecified atom stereocenters. The van der Waals surface area contributed by atoms with E-state index < -0.39 is 5.82 Å². The Bertz CT molecular complexity index is 2140. The second-order valence-corrected chi connectivity index (χ2v) is 16.8. The average molecular weight is 773 g/mol. The van der Waals surface area contributed by atoms with Crippen LogP contribution in [-0.4, -0.2) is 52.0 Å². The topological polar surface area (TPSA) is 161 Å². The summed E-state index contributed by atoms with van der Waals surface area (Å²) in [6, 6.07) is 12.2. The lowest BCUT2D eigenvalue weighted by molar-refractivity contribution is -0.133. The van der Waals surface area contributed by atoms with Crippen molar-refractivity contribution in [1.29, 1.82) is 5.26 Å². The molecule has 0 spiro atoms. The lowest BCUT2D eigenvalue weighted by Crippen LogP contribution is -2.48. The number of amides is 1. The van der Waals surface area contributed by atoms with E-state index in [9.17, 15) is 10.1 Å². The summed E-state index contributed by atoms with van der Waals surface area (Å²) >= 11 is 12.8. The molecule has 8 N–H and O–H groups in total. The molecular weight excluding hydrogens is 724 g/mol. The highest BCUT2D eigenvalue weighted by atomic mass is 35.5. The summed E-state index contributed by atoms with van der Waals surface area (Å²) in [7, 11) is 0. The number of hydrogen-bond acceptors (Lipinski definition) is 8. The molecule has 4 aromatic rings. The Labute approximate surface area is 325 Å². The van der Waals surface area contributed by atoms with E-state index >= 15 is 4.39 Å². The third-order valence-corrected chi connectivity index (χ3v) is 13.2. The lowest BCUT2D eigenvalue weighted by Gasteiger charge is -2.37. The lowest BCUT2D eigenvalue weighted by atomic mass is 9.72. The molecule has 7 heterocycles. The van der Waals surface area contributed by atoms with Crippen LogP contribution in [0.1, 0.15) is 80.8 Å². The van der Waals surface area contributed by atoms with Gasteiger partial charge >= 0.3 is 0 Å². The maximum Gasteiger partial charge on any atom is 0.226 e. The zero-order chi connectivity index (χ0) is 37.7. The van der Waals surface area contributed by atoms with Crippen molar-refractivity contribution in [2.24, 2.45) is 29.3 Å². The van der Waals surface area contributed by atoms with Gasteiger partial charge in [0.2, 0.25) is 5.91 Å². The van der Waals surface area contributed by atoms with E-state index in [0.717, 1.165) is 78.9 Å². The average Bonchev–Trinajstić information content (AvgIpc) is 3.81. The van der Waals surface area contributed by atoms with Crippen LogP contribution in [0.2, 0.25) is 10.0 Å². The number of halogens is 3. The fourth-order valence-corrected chi connectivity index (χ4v) is 9.58. The fourth-order valence-electron chi connectivity index (χ4n) is 9.19. The Kier molecular flexibility index (Phi) is 10.3. The monoisotopic (exact) mass is 771 g/mol. The second kappa shape index (κ2) is 15.0. The van der Waals surface area contributed by atoms with Crippen molar-refractivity contribution in [3.63, 3.8) is 0 Å². The fraction of sp³-hybridized carbons (Fsp3) is 0.488. The number of nitrogens with two attached hydrogens (primary N) is 2. The summed E-state index contributed by atoms with van der Waals surface area (Å²) in [4.78, 5) is 23.1. The Morgan fingerprint density at radius 2 is 1.96 bits per heavy atom. The molecule has 13 heteroatoms. The van der Waals surface area contributed by atoms with Crippen molar-refractivity contribution < 1.29 is 9.18 Å².